The molecule has 0 atom stereocenters. The number of rotatable bonds is 3. The predicted molar refractivity (Wildman–Crippen MR) is 87.3 cm³/mol. The first kappa shape index (κ1) is 14.9. The van der Waals surface area contributed by atoms with Gasteiger partial charge in [0.25, 0.3) is 0 Å². The van der Waals surface area contributed by atoms with Crippen LogP contribution in [0.3, 0.4) is 0 Å². The molecule has 0 saturated carbocycles. The summed E-state index contributed by atoms with van der Waals surface area (Å²) in [5.74, 6) is -0.403. The van der Waals surface area contributed by atoms with Crippen LogP contribution in [-0.4, -0.2) is 13.1 Å². The fraction of sp³-hybridized carbons (Fsp3) is 0.0714. The van der Waals surface area contributed by atoms with Gasteiger partial charge in [-0.25, -0.2) is 4.79 Å². The normalized spacial score (nSPS) is 10.2. The molecule has 2 aromatic rings. The van der Waals surface area contributed by atoms with Crippen molar-refractivity contribution in [3.05, 3.63) is 50.9 Å². The quantitative estimate of drug-likeness (QED) is 0.595. The van der Waals surface area contributed by atoms with Crippen LogP contribution in [-0.2, 0) is 4.74 Å². The van der Waals surface area contributed by atoms with E-state index in [1.807, 2.05) is 18.2 Å². The molecule has 0 bridgehead atoms. The van der Waals surface area contributed by atoms with Crippen molar-refractivity contribution in [2.45, 2.75) is 0 Å². The van der Waals surface area contributed by atoms with Gasteiger partial charge >= 0.3 is 5.97 Å². The van der Waals surface area contributed by atoms with Gasteiger partial charge in [-0.3, -0.25) is 0 Å². The number of halogens is 2. The van der Waals surface area contributed by atoms with E-state index in [-0.39, 0.29) is 0 Å². The van der Waals surface area contributed by atoms with Crippen molar-refractivity contribution >= 4 is 54.9 Å². The highest BCUT2D eigenvalue weighted by molar-refractivity contribution is 9.11. The number of carbonyl (C=O) groups excluding carboxylic acids is 1. The van der Waals surface area contributed by atoms with E-state index in [1.54, 1.807) is 18.2 Å². The van der Waals surface area contributed by atoms with Gasteiger partial charge < -0.3 is 15.8 Å². The number of carbonyl (C=O) groups is 1. The molecule has 6 heteroatoms. The maximum absolute atomic E-state index is 11.6. The first-order chi connectivity index (χ1) is 9.52. The van der Waals surface area contributed by atoms with Crippen molar-refractivity contribution in [1.82, 2.24) is 0 Å². The molecule has 104 valence electrons. The molecule has 0 radical (unpaired) electrons. The van der Waals surface area contributed by atoms with Crippen LogP contribution < -0.4 is 11.1 Å². The smallest absolute Gasteiger partial charge is 0.337 e. The van der Waals surface area contributed by atoms with E-state index in [9.17, 15) is 4.79 Å². The summed E-state index contributed by atoms with van der Waals surface area (Å²) in [7, 11) is 1.34. The average molecular weight is 400 g/mol. The van der Waals surface area contributed by atoms with E-state index >= 15 is 0 Å². The van der Waals surface area contributed by atoms with Gasteiger partial charge in [0.2, 0.25) is 0 Å². The summed E-state index contributed by atoms with van der Waals surface area (Å²) < 4.78 is 6.47. The van der Waals surface area contributed by atoms with Gasteiger partial charge in [-0.2, -0.15) is 0 Å². The number of hydrogen-bond acceptors (Lipinski definition) is 4. The molecule has 0 aliphatic heterocycles. The van der Waals surface area contributed by atoms with Gasteiger partial charge in [-0.1, -0.05) is 6.07 Å². The Morgan fingerprint density at radius 3 is 2.45 bits per heavy atom. The summed E-state index contributed by atoms with van der Waals surface area (Å²) in [6.45, 7) is 0. The fourth-order valence-electron chi connectivity index (χ4n) is 1.66. The lowest BCUT2D eigenvalue weighted by Crippen LogP contribution is -2.04. The lowest BCUT2D eigenvalue weighted by Gasteiger charge is -2.13. The molecule has 2 rings (SSSR count). The van der Waals surface area contributed by atoms with Crippen molar-refractivity contribution in [1.29, 1.82) is 0 Å². The van der Waals surface area contributed by atoms with E-state index in [2.05, 4.69) is 37.2 Å². The van der Waals surface area contributed by atoms with Crippen LogP contribution in [0.5, 0.6) is 0 Å². The minimum absolute atomic E-state index is 0.403. The molecule has 0 fully saturated rings. The van der Waals surface area contributed by atoms with Gasteiger partial charge in [0.1, 0.15) is 0 Å². The third-order valence-corrected chi connectivity index (χ3v) is 4.02. The van der Waals surface area contributed by atoms with Crippen LogP contribution in [0.15, 0.2) is 45.3 Å². The molecule has 0 heterocycles. The van der Waals surface area contributed by atoms with Crippen LogP contribution in [0, 0.1) is 0 Å². The number of para-hydroxylation sites is 1. The first-order valence-electron chi connectivity index (χ1n) is 5.72. The van der Waals surface area contributed by atoms with Gasteiger partial charge in [0, 0.05) is 8.95 Å². The van der Waals surface area contributed by atoms with Crippen LogP contribution >= 0.6 is 31.9 Å². The van der Waals surface area contributed by atoms with Crippen LogP contribution in [0.4, 0.5) is 17.1 Å². The highest BCUT2D eigenvalue weighted by Gasteiger charge is 2.11. The maximum atomic E-state index is 11.6. The molecule has 0 spiro atoms. The van der Waals surface area contributed by atoms with E-state index in [4.69, 9.17) is 10.5 Å². The number of benzene rings is 2. The Bertz CT molecular complexity index is 639. The Morgan fingerprint density at radius 1 is 1.20 bits per heavy atom. The topological polar surface area (TPSA) is 64.3 Å². The molecule has 3 N–H and O–H groups in total. The standard InChI is InChI=1S/C14H12Br2N2O2/c1-20-14(19)8-5-6-11(17)12(7-8)18-13-9(15)3-2-4-10(13)16/h2-7,18H,17H2,1H3. The maximum Gasteiger partial charge on any atom is 0.337 e. The minimum atomic E-state index is -0.403. The van der Waals surface area contributed by atoms with Gasteiger partial charge in [-0.15, -0.1) is 0 Å². The Kier molecular flexibility index (Phi) is 4.67. The molecule has 4 nitrogen and oxygen atoms in total. The second kappa shape index (κ2) is 6.28. The minimum Gasteiger partial charge on any atom is -0.465 e. The lowest BCUT2D eigenvalue weighted by molar-refractivity contribution is 0.0601. The SMILES string of the molecule is COC(=O)c1ccc(N)c(Nc2c(Br)cccc2Br)c1. The third-order valence-electron chi connectivity index (χ3n) is 2.70. The van der Waals surface area contributed by atoms with Crippen molar-refractivity contribution in [3.63, 3.8) is 0 Å². The van der Waals surface area contributed by atoms with E-state index in [0.29, 0.717) is 16.9 Å². The number of nitrogens with one attached hydrogen (secondary N) is 1. The Balaban J connectivity index is 2.40. The third kappa shape index (κ3) is 3.13. The molecular weight excluding hydrogens is 388 g/mol. The zero-order chi connectivity index (χ0) is 14.7. The molecule has 0 saturated heterocycles. The number of methoxy groups -OCH3 is 1. The molecule has 0 aromatic heterocycles. The fourth-order valence-corrected chi connectivity index (χ4v) is 2.86. The summed E-state index contributed by atoms with van der Waals surface area (Å²) in [5, 5.41) is 3.20. The van der Waals surface area contributed by atoms with Gasteiger partial charge in [0.05, 0.1) is 29.7 Å². The van der Waals surface area contributed by atoms with Crippen molar-refractivity contribution in [3.8, 4) is 0 Å². The molecule has 20 heavy (non-hydrogen) atoms. The molecule has 0 aliphatic rings. The largest absolute Gasteiger partial charge is 0.465 e. The zero-order valence-corrected chi connectivity index (χ0v) is 13.8. The highest BCUT2D eigenvalue weighted by atomic mass is 79.9. The number of ether oxygens (including phenoxy) is 1. The Morgan fingerprint density at radius 2 is 1.85 bits per heavy atom. The highest BCUT2D eigenvalue weighted by Crippen LogP contribution is 2.35. The van der Waals surface area contributed by atoms with Gasteiger partial charge in [0.15, 0.2) is 0 Å². The van der Waals surface area contributed by atoms with Crippen LogP contribution in [0.25, 0.3) is 0 Å². The van der Waals surface area contributed by atoms with E-state index in [0.717, 1.165) is 14.6 Å². The molecule has 0 unspecified atom stereocenters. The number of anilines is 3. The number of nitrogens with two attached hydrogens (primary N) is 1. The molecule has 0 amide bonds. The first-order valence-corrected chi connectivity index (χ1v) is 7.30. The summed E-state index contributed by atoms with van der Waals surface area (Å²) in [4.78, 5) is 11.6. The summed E-state index contributed by atoms with van der Waals surface area (Å²) in [6.07, 6.45) is 0. The monoisotopic (exact) mass is 398 g/mol. The zero-order valence-electron chi connectivity index (χ0n) is 10.6. The van der Waals surface area contributed by atoms with Crippen molar-refractivity contribution in [2.75, 3.05) is 18.2 Å². The van der Waals surface area contributed by atoms with E-state index in [1.165, 1.54) is 7.11 Å². The lowest BCUT2D eigenvalue weighted by atomic mass is 10.1. The predicted octanol–water partition coefficient (Wildman–Crippen LogP) is 4.32. The second-order valence-corrected chi connectivity index (χ2v) is 5.72. The molecular formula is C14H12Br2N2O2. The van der Waals surface area contributed by atoms with Crippen LogP contribution in [0.1, 0.15) is 10.4 Å². The summed E-state index contributed by atoms with van der Waals surface area (Å²) >= 11 is 6.93. The van der Waals surface area contributed by atoms with Gasteiger partial charge in [-0.05, 0) is 62.2 Å². The summed E-state index contributed by atoms with van der Waals surface area (Å²) in [5.41, 5.74) is 8.39. The molecule has 2 aromatic carbocycles. The van der Waals surface area contributed by atoms with Crippen LogP contribution in [0.2, 0.25) is 0 Å². The Hall–Kier alpha value is -1.53. The Labute approximate surface area is 133 Å². The number of nitrogen functional groups attached to an aromatic ring is 1. The van der Waals surface area contributed by atoms with E-state index < -0.39 is 5.97 Å². The van der Waals surface area contributed by atoms with Crippen molar-refractivity contribution < 1.29 is 9.53 Å². The average Bonchev–Trinajstić information content (AvgIpc) is 2.44. The number of esters is 1. The molecule has 0 aliphatic carbocycles. The van der Waals surface area contributed by atoms with Crippen molar-refractivity contribution in [2.24, 2.45) is 0 Å². The second-order valence-electron chi connectivity index (χ2n) is 4.02. The number of hydrogen-bond donors (Lipinski definition) is 2. The summed E-state index contributed by atoms with van der Waals surface area (Å²) in [6, 6.07) is 10.7.